The van der Waals surface area contributed by atoms with Gasteiger partial charge in [-0.15, -0.1) is 11.3 Å². The zero-order valence-corrected chi connectivity index (χ0v) is 24.9. The Balaban J connectivity index is 1.16. The molecule has 0 saturated carbocycles. The number of benzene rings is 1. The van der Waals surface area contributed by atoms with E-state index in [9.17, 15) is 27.7 Å². The van der Waals surface area contributed by atoms with E-state index in [2.05, 4.69) is 25.8 Å². The second-order valence-corrected chi connectivity index (χ2v) is 13.9. The Hall–Kier alpha value is -3.78. The van der Waals surface area contributed by atoms with Gasteiger partial charge in [-0.1, -0.05) is 18.9 Å². The lowest BCUT2D eigenvalue weighted by Gasteiger charge is -2.35. The summed E-state index contributed by atoms with van der Waals surface area (Å²) < 4.78 is 40.2. The predicted molar refractivity (Wildman–Crippen MR) is 157 cm³/mol. The van der Waals surface area contributed by atoms with Crippen LogP contribution in [0.1, 0.15) is 59.3 Å². The number of carbonyl (C=O) groups excluding carboxylic acids is 3. The lowest BCUT2D eigenvalue weighted by atomic mass is 9.99. The first-order chi connectivity index (χ1) is 20.9. The van der Waals surface area contributed by atoms with Crippen LogP contribution in [0.25, 0.3) is 21.1 Å². The van der Waals surface area contributed by atoms with E-state index < -0.39 is 36.8 Å². The number of aromatic amines is 1. The zero-order valence-electron chi connectivity index (χ0n) is 23.2. The molecule has 3 aromatic heterocycles. The summed E-state index contributed by atoms with van der Waals surface area (Å²) >= 11 is 1.01. The number of alkyl halides is 2. The summed E-state index contributed by atoms with van der Waals surface area (Å²) in [6.07, 6.45) is 7.12. The number of nitrogens with one attached hydrogen (secondary N) is 3. The maximum atomic E-state index is 14.2. The van der Waals surface area contributed by atoms with Gasteiger partial charge in [0.25, 0.3) is 5.91 Å². The van der Waals surface area contributed by atoms with Crippen LogP contribution in [0.15, 0.2) is 42.7 Å². The number of carbonyl (C=O) groups is 3. The number of amides is 3. The number of rotatable bonds is 7. The smallest absolute Gasteiger partial charge is 0.350 e. The molecule has 0 bridgehead atoms. The first-order valence-corrected chi connectivity index (χ1v) is 16.5. The highest BCUT2D eigenvalue weighted by Crippen LogP contribution is 2.59. The highest BCUT2D eigenvalue weighted by atomic mass is 32.1. The molecule has 0 unspecified atom stereocenters. The second kappa shape index (κ2) is 11.6. The van der Waals surface area contributed by atoms with Gasteiger partial charge < -0.3 is 25.3 Å². The molecule has 2 aliphatic heterocycles. The third kappa shape index (κ3) is 5.72. The third-order valence-corrected chi connectivity index (χ3v) is 10.3. The first-order valence-electron chi connectivity index (χ1n) is 14.1. The van der Waals surface area contributed by atoms with Gasteiger partial charge in [-0.05, 0) is 60.9 Å². The van der Waals surface area contributed by atoms with Crippen LogP contribution in [0.5, 0.6) is 0 Å². The molecular formula is C28H29F2N6O6PS. The lowest BCUT2D eigenvalue weighted by molar-refractivity contribution is -0.142. The number of aromatic nitrogens is 3. The summed E-state index contributed by atoms with van der Waals surface area (Å²) in [5.74, 6) is -1.20. The minimum atomic E-state index is -5.75. The monoisotopic (exact) mass is 646 g/mol. The molecule has 4 aromatic rings. The lowest BCUT2D eigenvalue weighted by Crippen LogP contribution is -2.56. The van der Waals surface area contributed by atoms with Gasteiger partial charge in [-0.2, -0.15) is 13.9 Å². The number of fused-ring (bicyclic) bond motifs is 3. The van der Waals surface area contributed by atoms with E-state index >= 15 is 0 Å². The quantitative estimate of drug-likeness (QED) is 0.189. The molecule has 16 heteroatoms. The van der Waals surface area contributed by atoms with Crippen LogP contribution < -0.4 is 10.6 Å². The fourth-order valence-electron chi connectivity index (χ4n) is 5.95. The van der Waals surface area contributed by atoms with Crippen molar-refractivity contribution in [2.75, 3.05) is 0 Å². The van der Waals surface area contributed by atoms with Crippen molar-refractivity contribution in [3.8, 4) is 0 Å². The number of H-pyrrole nitrogens is 1. The summed E-state index contributed by atoms with van der Waals surface area (Å²) in [4.78, 5) is 64.6. The Morgan fingerprint density at radius 1 is 1.09 bits per heavy atom. The fraction of sp³-hybridized carbons (Fsp3) is 0.393. The van der Waals surface area contributed by atoms with E-state index in [1.807, 2.05) is 6.07 Å². The van der Waals surface area contributed by atoms with Crippen molar-refractivity contribution in [3.63, 3.8) is 0 Å². The maximum absolute atomic E-state index is 14.2. The first kappa shape index (κ1) is 30.3. The number of hydrogen-bond acceptors (Lipinski definition) is 7. The van der Waals surface area contributed by atoms with Crippen molar-refractivity contribution in [1.29, 1.82) is 0 Å². The Bertz CT molecular complexity index is 1810. The molecule has 0 aliphatic carbocycles. The average Bonchev–Trinajstić information content (AvgIpc) is 3.73. The molecule has 2 aliphatic rings. The summed E-state index contributed by atoms with van der Waals surface area (Å²) in [7, 11) is -5.75. The molecule has 5 N–H and O–H groups in total. The van der Waals surface area contributed by atoms with E-state index in [4.69, 9.17) is 9.79 Å². The molecule has 0 radical (unpaired) electrons. The highest BCUT2D eigenvalue weighted by molar-refractivity contribution is 7.52. The van der Waals surface area contributed by atoms with Crippen molar-refractivity contribution < 1.29 is 37.5 Å². The topological polar surface area (TPSA) is 178 Å². The number of thiophene rings is 1. The van der Waals surface area contributed by atoms with Crippen LogP contribution in [-0.2, 0) is 26.4 Å². The number of nitrogens with zero attached hydrogens (tertiary/aromatic N) is 3. The summed E-state index contributed by atoms with van der Waals surface area (Å²) in [6.45, 7) is 0.226. The van der Waals surface area contributed by atoms with Crippen molar-refractivity contribution in [1.82, 2.24) is 30.7 Å². The molecule has 2 saturated heterocycles. The molecule has 0 spiro atoms. The van der Waals surface area contributed by atoms with Crippen molar-refractivity contribution in [3.05, 3.63) is 58.7 Å². The number of pyridine rings is 1. The Kier molecular flexibility index (Phi) is 7.99. The van der Waals surface area contributed by atoms with E-state index in [1.54, 1.807) is 17.3 Å². The zero-order chi connectivity index (χ0) is 31.2. The van der Waals surface area contributed by atoms with Crippen LogP contribution in [0.2, 0.25) is 0 Å². The van der Waals surface area contributed by atoms with E-state index in [0.717, 1.165) is 47.3 Å². The molecule has 12 nitrogen and oxygen atoms in total. The highest BCUT2D eigenvalue weighted by Gasteiger charge is 2.50. The molecule has 3 atom stereocenters. The minimum Gasteiger partial charge on any atom is -0.350 e. The van der Waals surface area contributed by atoms with E-state index in [1.165, 1.54) is 12.1 Å². The molecule has 5 heterocycles. The van der Waals surface area contributed by atoms with Crippen molar-refractivity contribution in [2.45, 2.75) is 68.9 Å². The van der Waals surface area contributed by atoms with Crippen LogP contribution in [0.3, 0.4) is 0 Å². The van der Waals surface area contributed by atoms with Gasteiger partial charge in [0.05, 0.1) is 11.1 Å². The van der Waals surface area contributed by atoms with Gasteiger partial charge in [0, 0.05) is 34.4 Å². The van der Waals surface area contributed by atoms with Crippen molar-refractivity contribution >= 4 is 57.8 Å². The van der Waals surface area contributed by atoms with Crippen molar-refractivity contribution in [2.24, 2.45) is 0 Å². The maximum Gasteiger partial charge on any atom is 0.399 e. The minimum absolute atomic E-state index is 0.125. The van der Waals surface area contributed by atoms with Gasteiger partial charge in [-0.3, -0.25) is 24.0 Å². The van der Waals surface area contributed by atoms with E-state index in [-0.39, 0.29) is 34.7 Å². The second-order valence-electron chi connectivity index (χ2n) is 11.1. The fourth-order valence-corrected chi connectivity index (χ4v) is 7.37. The summed E-state index contributed by atoms with van der Waals surface area (Å²) in [5, 5.41) is 13.5. The summed E-state index contributed by atoms with van der Waals surface area (Å²) in [5.41, 5.74) is -3.82. The number of hydrogen-bond donors (Lipinski definition) is 5. The van der Waals surface area contributed by atoms with Gasteiger partial charge in [0.2, 0.25) is 11.8 Å². The Labute approximate surface area is 253 Å². The van der Waals surface area contributed by atoms with Crippen LogP contribution in [0.4, 0.5) is 8.78 Å². The van der Waals surface area contributed by atoms with Gasteiger partial charge in [-0.25, -0.2) is 4.98 Å². The third-order valence-electron chi connectivity index (χ3n) is 8.21. The largest absolute Gasteiger partial charge is 0.399 e. The molecule has 3 amide bonds. The standard InChI is InChI=1S/C28H29F2N6O6PS/c29-28(30,43(40,41)42)18-5-8-22-16(10-18)11-23(44-22)26(38)34-20-4-2-1-3-19-6-7-21(36(19)27(20)39)25(37)32-13-15-9-17-14-33-35-24(17)31-12-15/h5,8-12,14,19-21H,1-4,6-7,13H2,(H,32,37)(H,34,38)(H,31,33,35)(H2,40,41,42)/t19-,20-,21-/m0/s1. The molecule has 2 fully saturated rings. The molecule has 6 rings (SSSR count). The Morgan fingerprint density at radius 2 is 1.89 bits per heavy atom. The molecule has 44 heavy (non-hydrogen) atoms. The molecular weight excluding hydrogens is 617 g/mol. The van der Waals surface area contributed by atoms with Gasteiger partial charge >= 0.3 is 13.3 Å². The SMILES string of the molecule is O=C(N[C@H]1CCCC[C@H]2CC[C@@H](C(=O)NCc3cnc4[nH]ncc4c3)N2C1=O)c1cc2cc(C(F)(F)P(=O)(O)O)ccc2s1. The summed E-state index contributed by atoms with van der Waals surface area (Å²) in [6, 6.07) is 4.67. The predicted octanol–water partition coefficient (Wildman–Crippen LogP) is 3.75. The van der Waals surface area contributed by atoms with Crippen LogP contribution >= 0.6 is 18.9 Å². The average molecular weight is 647 g/mol. The Morgan fingerprint density at radius 3 is 2.68 bits per heavy atom. The van der Waals surface area contributed by atoms with Crippen LogP contribution in [-0.4, -0.2) is 65.7 Å². The van der Waals surface area contributed by atoms with Crippen LogP contribution in [0, 0.1) is 0 Å². The molecule has 232 valence electrons. The van der Waals surface area contributed by atoms with Gasteiger partial charge in [0.1, 0.15) is 12.1 Å². The van der Waals surface area contributed by atoms with E-state index in [0.29, 0.717) is 36.0 Å². The number of halogens is 2. The van der Waals surface area contributed by atoms with Gasteiger partial charge in [0.15, 0.2) is 5.65 Å². The normalized spacial score (nSPS) is 21.2. The molecule has 1 aromatic carbocycles.